The predicted octanol–water partition coefficient (Wildman–Crippen LogP) is 0.779. The van der Waals surface area contributed by atoms with E-state index in [4.69, 9.17) is 5.11 Å². The van der Waals surface area contributed by atoms with Crippen molar-refractivity contribution in [2.75, 3.05) is 19.6 Å². The first-order chi connectivity index (χ1) is 7.07. The molecule has 0 radical (unpaired) electrons. The van der Waals surface area contributed by atoms with Crippen LogP contribution in [0, 0.1) is 5.92 Å². The molecular formula is C11H22N2O2. The van der Waals surface area contributed by atoms with E-state index in [1.807, 2.05) is 0 Å². The lowest BCUT2D eigenvalue weighted by Gasteiger charge is -2.41. The SMILES string of the molecule is CCC(C(C)C)N1CCNCC1C(=O)O. The minimum absolute atomic E-state index is 0.355. The lowest BCUT2D eigenvalue weighted by atomic mass is 9.97. The molecule has 1 aliphatic rings. The van der Waals surface area contributed by atoms with Gasteiger partial charge in [0.25, 0.3) is 0 Å². The maximum atomic E-state index is 11.1. The summed E-state index contributed by atoms with van der Waals surface area (Å²) in [6.07, 6.45) is 1.02. The molecule has 1 heterocycles. The zero-order valence-electron chi connectivity index (χ0n) is 9.86. The molecule has 0 aromatic heterocycles. The van der Waals surface area contributed by atoms with Crippen LogP contribution in [-0.2, 0) is 4.79 Å². The predicted molar refractivity (Wildman–Crippen MR) is 59.9 cm³/mol. The summed E-state index contributed by atoms with van der Waals surface area (Å²) in [5.74, 6) is -0.198. The van der Waals surface area contributed by atoms with Gasteiger partial charge in [-0.2, -0.15) is 0 Å². The summed E-state index contributed by atoms with van der Waals surface area (Å²) in [7, 11) is 0. The average molecular weight is 214 g/mol. The van der Waals surface area contributed by atoms with Crippen LogP contribution in [0.2, 0.25) is 0 Å². The van der Waals surface area contributed by atoms with Crippen molar-refractivity contribution in [3.63, 3.8) is 0 Å². The van der Waals surface area contributed by atoms with E-state index in [1.165, 1.54) is 0 Å². The zero-order valence-corrected chi connectivity index (χ0v) is 9.86. The number of carbonyl (C=O) groups is 1. The largest absolute Gasteiger partial charge is 0.480 e. The quantitative estimate of drug-likeness (QED) is 0.726. The second kappa shape index (κ2) is 5.47. The van der Waals surface area contributed by atoms with Gasteiger partial charge < -0.3 is 10.4 Å². The standard InChI is InChI=1S/C11H22N2O2/c1-4-9(8(2)3)13-6-5-12-7-10(13)11(14)15/h8-10,12H,4-7H2,1-3H3,(H,14,15). The van der Waals surface area contributed by atoms with Crippen LogP contribution in [0.4, 0.5) is 0 Å². The topological polar surface area (TPSA) is 52.6 Å². The van der Waals surface area contributed by atoms with Gasteiger partial charge in [0, 0.05) is 25.7 Å². The summed E-state index contributed by atoms with van der Waals surface area (Å²) >= 11 is 0. The van der Waals surface area contributed by atoms with Gasteiger partial charge >= 0.3 is 5.97 Å². The first-order valence-electron chi connectivity index (χ1n) is 5.77. The van der Waals surface area contributed by atoms with Gasteiger partial charge in [-0.1, -0.05) is 20.8 Å². The highest BCUT2D eigenvalue weighted by molar-refractivity contribution is 5.74. The molecule has 2 N–H and O–H groups in total. The second-order valence-corrected chi connectivity index (χ2v) is 4.52. The Kier molecular flexibility index (Phi) is 4.54. The molecule has 0 aromatic rings. The monoisotopic (exact) mass is 214 g/mol. The molecule has 15 heavy (non-hydrogen) atoms. The number of carboxylic acid groups (broad SMARTS) is 1. The highest BCUT2D eigenvalue weighted by Gasteiger charge is 2.33. The first kappa shape index (κ1) is 12.5. The molecule has 4 heteroatoms. The van der Waals surface area contributed by atoms with Gasteiger partial charge in [0.05, 0.1) is 0 Å². The molecule has 0 amide bonds. The highest BCUT2D eigenvalue weighted by Crippen LogP contribution is 2.18. The number of carboxylic acids is 1. The lowest BCUT2D eigenvalue weighted by Crippen LogP contribution is -2.59. The Balaban J connectivity index is 2.73. The fourth-order valence-electron chi connectivity index (χ4n) is 2.44. The summed E-state index contributed by atoms with van der Waals surface area (Å²) in [4.78, 5) is 13.3. The van der Waals surface area contributed by atoms with Crippen molar-refractivity contribution in [2.24, 2.45) is 5.92 Å². The van der Waals surface area contributed by atoms with E-state index in [1.54, 1.807) is 0 Å². The molecule has 1 aliphatic heterocycles. The molecule has 88 valence electrons. The molecule has 1 saturated heterocycles. The number of piperazine rings is 1. The molecule has 0 spiro atoms. The number of nitrogens with one attached hydrogen (secondary N) is 1. The molecule has 0 saturated carbocycles. The maximum Gasteiger partial charge on any atom is 0.322 e. The van der Waals surface area contributed by atoms with Crippen LogP contribution in [0.5, 0.6) is 0 Å². The molecule has 2 unspecified atom stereocenters. The van der Waals surface area contributed by atoms with Gasteiger partial charge in [-0.3, -0.25) is 9.69 Å². The van der Waals surface area contributed by atoms with Crippen molar-refractivity contribution >= 4 is 5.97 Å². The number of rotatable bonds is 4. The van der Waals surface area contributed by atoms with Gasteiger partial charge in [-0.25, -0.2) is 0 Å². The van der Waals surface area contributed by atoms with Crippen molar-refractivity contribution in [1.29, 1.82) is 0 Å². The highest BCUT2D eigenvalue weighted by atomic mass is 16.4. The van der Waals surface area contributed by atoms with Gasteiger partial charge in [0.2, 0.25) is 0 Å². The normalized spacial score (nSPS) is 25.5. The molecule has 1 rings (SSSR count). The van der Waals surface area contributed by atoms with Crippen molar-refractivity contribution in [2.45, 2.75) is 39.3 Å². The summed E-state index contributed by atoms with van der Waals surface area (Å²) in [6.45, 7) is 8.76. The third kappa shape index (κ3) is 2.92. The Morgan fingerprint density at radius 3 is 2.73 bits per heavy atom. The van der Waals surface area contributed by atoms with Crippen molar-refractivity contribution < 1.29 is 9.90 Å². The Morgan fingerprint density at radius 1 is 1.60 bits per heavy atom. The van der Waals surface area contributed by atoms with Gasteiger partial charge in [0.1, 0.15) is 6.04 Å². The first-order valence-corrected chi connectivity index (χ1v) is 5.77. The van der Waals surface area contributed by atoms with Crippen LogP contribution in [0.25, 0.3) is 0 Å². The van der Waals surface area contributed by atoms with Crippen LogP contribution >= 0.6 is 0 Å². The van der Waals surface area contributed by atoms with Crippen molar-refractivity contribution in [3.05, 3.63) is 0 Å². The fraction of sp³-hybridized carbons (Fsp3) is 0.909. The summed E-state index contributed by atoms with van der Waals surface area (Å²) < 4.78 is 0. The van der Waals surface area contributed by atoms with Gasteiger partial charge in [0.15, 0.2) is 0 Å². The van der Waals surface area contributed by atoms with Gasteiger partial charge in [-0.05, 0) is 12.3 Å². The number of hydrogen-bond acceptors (Lipinski definition) is 3. The summed E-state index contributed by atoms with van der Waals surface area (Å²) in [5, 5.41) is 12.3. The van der Waals surface area contributed by atoms with Crippen LogP contribution in [-0.4, -0.2) is 47.7 Å². The third-order valence-electron chi connectivity index (χ3n) is 3.18. The maximum absolute atomic E-state index is 11.1. The van der Waals surface area contributed by atoms with Crippen molar-refractivity contribution in [1.82, 2.24) is 10.2 Å². The van der Waals surface area contributed by atoms with E-state index in [0.29, 0.717) is 18.5 Å². The van der Waals surface area contributed by atoms with E-state index in [-0.39, 0.29) is 6.04 Å². The smallest absolute Gasteiger partial charge is 0.322 e. The molecule has 0 aliphatic carbocycles. The Hall–Kier alpha value is -0.610. The van der Waals surface area contributed by atoms with E-state index in [9.17, 15) is 4.79 Å². The van der Waals surface area contributed by atoms with E-state index < -0.39 is 5.97 Å². The van der Waals surface area contributed by atoms with Crippen LogP contribution < -0.4 is 5.32 Å². The Morgan fingerprint density at radius 2 is 2.27 bits per heavy atom. The molecule has 2 atom stereocenters. The number of aliphatic carboxylic acids is 1. The molecule has 4 nitrogen and oxygen atoms in total. The van der Waals surface area contributed by atoms with Crippen LogP contribution in [0.1, 0.15) is 27.2 Å². The minimum atomic E-state index is -0.707. The molecule has 0 aromatic carbocycles. The van der Waals surface area contributed by atoms with Gasteiger partial charge in [-0.15, -0.1) is 0 Å². The summed E-state index contributed by atoms with van der Waals surface area (Å²) in [5.41, 5.74) is 0. The van der Waals surface area contributed by atoms with Crippen LogP contribution in [0.15, 0.2) is 0 Å². The molecule has 1 fully saturated rings. The lowest BCUT2D eigenvalue weighted by molar-refractivity contribution is -0.145. The van der Waals surface area contributed by atoms with Crippen molar-refractivity contribution in [3.8, 4) is 0 Å². The number of hydrogen-bond donors (Lipinski definition) is 2. The Bertz CT molecular complexity index is 219. The van der Waals surface area contributed by atoms with E-state index in [0.717, 1.165) is 19.5 Å². The fourth-order valence-corrected chi connectivity index (χ4v) is 2.44. The second-order valence-electron chi connectivity index (χ2n) is 4.52. The molecule has 0 bridgehead atoms. The van der Waals surface area contributed by atoms with E-state index >= 15 is 0 Å². The zero-order chi connectivity index (χ0) is 11.4. The van der Waals surface area contributed by atoms with E-state index in [2.05, 4.69) is 31.0 Å². The Labute approximate surface area is 91.6 Å². The third-order valence-corrected chi connectivity index (χ3v) is 3.18. The number of nitrogens with zero attached hydrogens (tertiary/aromatic N) is 1. The average Bonchev–Trinajstić information content (AvgIpc) is 2.18. The van der Waals surface area contributed by atoms with Crippen LogP contribution in [0.3, 0.4) is 0 Å². The molecular weight excluding hydrogens is 192 g/mol. The minimum Gasteiger partial charge on any atom is -0.480 e. The summed E-state index contributed by atoms with van der Waals surface area (Å²) in [6, 6.07) is 0.0271.